The smallest absolute Gasteiger partial charge is 0.255 e. The summed E-state index contributed by atoms with van der Waals surface area (Å²) in [6.07, 6.45) is 1.75. The van der Waals surface area contributed by atoms with Crippen LogP contribution in [0.5, 0.6) is 11.5 Å². The van der Waals surface area contributed by atoms with Crippen molar-refractivity contribution in [1.82, 2.24) is 5.32 Å². The van der Waals surface area contributed by atoms with Crippen molar-refractivity contribution in [3.8, 4) is 11.5 Å². The van der Waals surface area contributed by atoms with Gasteiger partial charge in [0.05, 0.1) is 5.56 Å². The predicted octanol–water partition coefficient (Wildman–Crippen LogP) is 3.14. The van der Waals surface area contributed by atoms with Gasteiger partial charge in [0.1, 0.15) is 13.2 Å². The fourth-order valence-electron chi connectivity index (χ4n) is 2.13. The summed E-state index contributed by atoms with van der Waals surface area (Å²) >= 11 is 3.44. The highest BCUT2D eigenvalue weighted by Crippen LogP contribution is 2.34. The fourth-order valence-corrected chi connectivity index (χ4v) is 3.01. The van der Waals surface area contributed by atoms with Crippen molar-refractivity contribution in [2.24, 2.45) is 0 Å². The molecule has 1 aromatic rings. The molecule has 1 heterocycles. The van der Waals surface area contributed by atoms with Crippen LogP contribution in [0.4, 0.5) is 0 Å². The average Bonchev–Trinajstić information content (AvgIpc) is 2.46. The highest BCUT2D eigenvalue weighted by atomic mass is 79.9. The number of hydrogen-bond donors (Lipinski definition) is 1. The van der Waals surface area contributed by atoms with Crippen molar-refractivity contribution in [1.29, 1.82) is 0 Å². The van der Waals surface area contributed by atoms with E-state index in [0.717, 1.165) is 18.2 Å². The molecular formula is C15H20BrNO3. The SMILES string of the molecule is CCC(C)(CCBr)NC(=O)c1cccc2c1OCCO2. The van der Waals surface area contributed by atoms with Crippen LogP contribution in [0, 0.1) is 0 Å². The number of benzene rings is 1. The summed E-state index contributed by atoms with van der Waals surface area (Å²) in [6, 6.07) is 5.41. The zero-order valence-electron chi connectivity index (χ0n) is 11.9. The lowest BCUT2D eigenvalue weighted by atomic mass is 9.95. The highest BCUT2D eigenvalue weighted by Gasteiger charge is 2.27. The van der Waals surface area contributed by atoms with Gasteiger partial charge >= 0.3 is 0 Å². The molecule has 4 nitrogen and oxygen atoms in total. The highest BCUT2D eigenvalue weighted by molar-refractivity contribution is 9.09. The average molecular weight is 342 g/mol. The van der Waals surface area contributed by atoms with E-state index < -0.39 is 0 Å². The third-order valence-electron chi connectivity index (χ3n) is 3.65. The van der Waals surface area contributed by atoms with Crippen LogP contribution in [0.15, 0.2) is 18.2 Å². The maximum atomic E-state index is 12.5. The number of rotatable bonds is 5. The molecule has 0 saturated carbocycles. The first kappa shape index (κ1) is 15.2. The lowest BCUT2D eigenvalue weighted by Gasteiger charge is -2.30. The molecule has 1 atom stereocenters. The number of ether oxygens (including phenoxy) is 2. The molecule has 20 heavy (non-hydrogen) atoms. The lowest BCUT2D eigenvalue weighted by molar-refractivity contribution is 0.0891. The van der Waals surface area contributed by atoms with E-state index >= 15 is 0 Å². The van der Waals surface area contributed by atoms with E-state index in [0.29, 0.717) is 30.3 Å². The normalized spacial score (nSPS) is 16.4. The molecule has 1 N–H and O–H groups in total. The minimum atomic E-state index is -0.223. The van der Waals surface area contributed by atoms with Crippen molar-refractivity contribution in [3.05, 3.63) is 23.8 Å². The Morgan fingerprint density at radius 3 is 2.85 bits per heavy atom. The summed E-state index contributed by atoms with van der Waals surface area (Å²) in [5.74, 6) is 1.08. The summed E-state index contributed by atoms with van der Waals surface area (Å²) in [5, 5.41) is 3.96. The second-order valence-corrected chi connectivity index (χ2v) is 5.93. The number of alkyl halides is 1. The number of amides is 1. The predicted molar refractivity (Wildman–Crippen MR) is 82.0 cm³/mol. The molecular weight excluding hydrogens is 322 g/mol. The Bertz CT molecular complexity index is 492. The molecule has 0 bridgehead atoms. The van der Waals surface area contributed by atoms with Crippen LogP contribution in [0.3, 0.4) is 0 Å². The zero-order valence-corrected chi connectivity index (χ0v) is 13.5. The molecule has 5 heteroatoms. The van der Waals surface area contributed by atoms with Gasteiger partial charge in [-0.3, -0.25) is 4.79 Å². The summed E-state index contributed by atoms with van der Waals surface area (Å²) in [4.78, 5) is 12.5. The number of carbonyl (C=O) groups is 1. The Labute approximate surface area is 128 Å². The first-order valence-electron chi connectivity index (χ1n) is 6.87. The Hall–Kier alpha value is -1.23. The molecule has 0 fully saturated rings. The molecule has 110 valence electrons. The van der Waals surface area contributed by atoms with Crippen LogP contribution in [0.25, 0.3) is 0 Å². The molecule has 2 rings (SSSR count). The fraction of sp³-hybridized carbons (Fsp3) is 0.533. The number of carbonyl (C=O) groups excluding carboxylic acids is 1. The number of halogens is 1. The molecule has 1 amide bonds. The lowest BCUT2D eigenvalue weighted by Crippen LogP contribution is -2.46. The van der Waals surface area contributed by atoms with E-state index in [2.05, 4.69) is 35.1 Å². The standard InChI is InChI=1S/C15H20BrNO3/c1-3-15(2,7-8-16)17-14(18)11-5-4-6-12-13(11)20-10-9-19-12/h4-6H,3,7-10H2,1-2H3,(H,17,18). The molecule has 0 aliphatic carbocycles. The Morgan fingerprint density at radius 1 is 1.40 bits per heavy atom. The number of nitrogens with one attached hydrogen (secondary N) is 1. The van der Waals surface area contributed by atoms with E-state index in [9.17, 15) is 4.79 Å². The van der Waals surface area contributed by atoms with Gasteiger partial charge in [-0.2, -0.15) is 0 Å². The maximum absolute atomic E-state index is 12.5. The van der Waals surface area contributed by atoms with E-state index in [-0.39, 0.29) is 11.4 Å². The van der Waals surface area contributed by atoms with Crippen molar-refractivity contribution in [3.63, 3.8) is 0 Å². The van der Waals surface area contributed by atoms with Gasteiger partial charge in [0.25, 0.3) is 5.91 Å². The summed E-state index contributed by atoms with van der Waals surface area (Å²) in [5.41, 5.74) is 0.315. The number of hydrogen-bond acceptors (Lipinski definition) is 3. The molecule has 0 saturated heterocycles. The van der Waals surface area contributed by atoms with Crippen molar-refractivity contribution >= 4 is 21.8 Å². The van der Waals surface area contributed by atoms with E-state index in [1.165, 1.54) is 0 Å². The van der Waals surface area contributed by atoms with Crippen LogP contribution in [0.2, 0.25) is 0 Å². The third kappa shape index (κ3) is 3.26. The van der Waals surface area contributed by atoms with E-state index in [1.54, 1.807) is 6.07 Å². The van der Waals surface area contributed by atoms with Gasteiger partial charge in [-0.1, -0.05) is 28.9 Å². The molecule has 1 aromatic carbocycles. The van der Waals surface area contributed by atoms with Crippen LogP contribution in [0.1, 0.15) is 37.0 Å². The Kier molecular flexibility index (Phi) is 4.91. The molecule has 0 spiro atoms. The zero-order chi connectivity index (χ0) is 14.6. The van der Waals surface area contributed by atoms with Crippen LogP contribution < -0.4 is 14.8 Å². The molecule has 1 aliphatic rings. The molecule has 1 unspecified atom stereocenters. The van der Waals surface area contributed by atoms with Gasteiger partial charge in [-0.05, 0) is 31.9 Å². The second-order valence-electron chi connectivity index (χ2n) is 5.14. The quantitative estimate of drug-likeness (QED) is 0.837. The first-order valence-corrected chi connectivity index (χ1v) is 7.99. The topological polar surface area (TPSA) is 47.6 Å². The minimum absolute atomic E-state index is 0.113. The number of para-hydroxylation sites is 1. The van der Waals surface area contributed by atoms with Crippen LogP contribution >= 0.6 is 15.9 Å². The Morgan fingerprint density at radius 2 is 2.15 bits per heavy atom. The second kappa shape index (κ2) is 6.48. The number of fused-ring (bicyclic) bond motifs is 1. The van der Waals surface area contributed by atoms with E-state index in [1.807, 2.05) is 12.1 Å². The van der Waals surface area contributed by atoms with Crippen molar-refractivity contribution < 1.29 is 14.3 Å². The third-order valence-corrected chi connectivity index (χ3v) is 4.05. The minimum Gasteiger partial charge on any atom is -0.486 e. The molecule has 0 radical (unpaired) electrons. The molecule has 1 aliphatic heterocycles. The van der Waals surface area contributed by atoms with Crippen molar-refractivity contribution in [2.45, 2.75) is 32.2 Å². The largest absolute Gasteiger partial charge is 0.486 e. The van der Waals surface area contributed by atoms with Gasteiger partial charge in [-0.15, -0.1) is 0 Å². The summed E-state index contributed by atoms with van der Waals surface area (Å²) in [6.45, 7) is 5.12. The van der Waals surface area contributed by atoms with Gasteiger partial charge in [0.15, 0.2) is 11.5 Å². The van der Waals surface area contributed by atoms with Gasteiger partial charge in [-0.25, -0.2) is 0 Å². The summed E-state index contributed by atoms with van der Waals surface area (Å²) < 4.78 is 11.1. The monoisotopic (exact) mass is 341 g/mol. The van der Waals surface area contributed by atoms with Crippen LogP contribution in [-0.4, -0.2) is 30.0 Å². The van der Waals surface area contributed by atoms with E-state index in [4.69, 9.17) is 9.47 Å². The maximum Gasteiger partial charge on any atom is 0.255 e. The van der Waals surface area contributed by atoms with Gasteiger partial charge in [0.2, 0.25) is 0 Å². The Balaban J connectivity index is 2.21. The van der Waals surface area contributed by atoms with Gasteiger partial charge in [0, 0.05) is 10.9 Å². The molecule has 0 aromatic heterocycles. The van der Waals surface area contributed by atoms with Gasteiger partial charge < -0.3 is 14.8 Å². The van der Waals surface area contributed by atoms with Crippen molar-refractivity contribution in [2.75, 3.05) is 18.5 Å². The summed E-state index contributed by atoms with van der Waals surface area (Å²) in [7, 11) is 0. The first-order chi connectivity index (χ1) is 9.59. The van der Waals surface area contributed by atoms with Crippen LogP contribution in [-0.2, 0) is 0 Å².